The average Bonchev–Trinajstić information content (AvgIpc) is 1.96. The fraction of sp³-hybridized carbons (Fsp3) is 1.00. The van der Waals surface area contributed by atoms with Gasteiger partial charge in [0.1, 0.15) is 0 Å². The zero-order valence-electron chi connectivity index (χ0n) is 6.59. The predicted molar refractivity (Wildman–Crippen MR) is 44.5 cm³/mol. The molecule has 0 amide bonds. The summed E-state index contributed by atoms with van der Waals surface area (Å²) >= 11 is 0. The molecule has 0 spiro atoms. The van der Waals surface area contributed by atoms with Gasteiger partial charge in [-0.3, -0.25) is 4.21 Å². The second kappa shape index (κ2) is 3.49. The number of nitrogens with one attached hydrogen (secondary N) is 1. The molecule has 3 atom stereocenters. The van der Waals surface area contributed by atoms with Crippen molar-refractivity contribution in [2.24, 2.45) is 5.92 Å². The zero-order chi connectivity index (χ0) is 7.56. The Morgan fingerprint density at radius 2 is 2.10 bits per heavy atom. The molecule has 10 heavy (non-hydrogen) atoms. The smallest absolute Gasteiger partial charge is 0.0444 e. The van der Waals surface area contributed by atoms with E-state index in [1.807, 2.05) is 6.92 Å². The monoisotopic (exact) mass is 161 g/mol. The summed E-state index contributed by atoms with van der Waals surface area (Å²) in [6, 6.07) is 0. The summed E-state index contributed by atoms with van der Waals surface area (Å²) in [6.45, 7) is 6.12. The van der Waals surface area contributed by atoms with Gasteiger partial charge in [-0.15, -0.1) is 0 Å². The fourth-order valence-corrected chi connectivity index (χ4v) is 2.44. The van der Waals surface area contributed by atoms with E-state index in [0.29, 0.717) is 11.2 Å². The van der Waals surface area contributed by atoms with Gasteiger partial charge in [0.25, 0.3) is 0 Å². The van der Waals surface area contributed by atoms with Crippen molar-refractivity contribution in [3.05, 3.63) is 0 Å². The maximum Gasteiger partial charge on any atom is 0.0444 e. The Balaban J connectivity index is 2.49. The van der Waals surface area contributed by atoms with Crippen LogP contribution in [0, 0.1) is 5.92 Å². The molecule has 0 aromatic heterocycles. The van der Waals surface area contributed by atoms with E-state index in [4.69, 9.17) is 0 Å². The first-order valence-corrected chi connectivity index (χ1v) is 5.16. The van der Waals surface area contributed by atoms with Crippen LogP contribution in [-0.4, -0.2) is 28.3 Å². The molecule has 0 bridgehead atoms. The Hall–Kier alpha value is 0.110. The van der Waals surface area contributed by atoms with Crippen molar-refractivity contribution in [3.8, 4) is 0 Å². The molecule has 1 aliphatic heterocycles. The SMILES string of the molecule is CC1CNCC(C)S(=O)C1. The van der Waals surface area contributed by atoms with E-state index in [0.717, 1.165) is 18.8 Å². The third kappa shape index (κ3) is 2.06. The van der Waals surface area contributed by atoms with Gasteiger partial charge in [-0.25, -0.2) is 0 Å². The third-order valence-electron chi connectivity index (χ3n) is 1.82. The summed E-state index contributed by atoms with van der Waals surface area (Å²) in [5, 5.41) is 3.62. The van der Waals surface area contributed by atoms with Gasteiger partial charge >= 0.3 is 0 Å². The molecule has 0 aliphatic carbocycles. The van der Waals surface area contributed by atoms with E-state index in [1.54, 1.807) is 0 Å². The third-order valence-corrected chi connectivity index (χ3v) is 3.78. The van der Waals surface area contributed by atoms with Gasteiger partial charge in [-0.2, -0.15) is 0 Å². The molecule has 1 rings (SSSR count). The Morgan fingerprint density at radius 3 is 2.80 bits per heavy atom. The predicted octanol–water partition coefficient (Wildman–Crippen LogP) is 0.363. The first-order valence-electron chi connectivity index (χ1n) is 3.78. The molecule has 0 aromatic carbocycles. The molecule has 3 unspecified atom stereocenters. The molecular weight excluding hydrogens is 146 g/mol. The molecule has 0 saturated carbocycles. The van der Waals surface area contributed by atoms with Crippen molar-refractivity contribution in [2.45, 2.75) is 19.1 Å². The molecule has 1 fully saturated rings. The van der Waals surface area contributed by atoms with Crippen molar-refractivity contribution in [1.82, 2.24) is 5.32 Å². The van der Waals surface area contributed by atoms with Crippen LogP contribution in [0.5, 0.6) is 0 Å². The lowest BCUT2D eigenvalue weighted by molar-refractivity contribution is 0.575. The summed E-state index contributed by atoms with van der Waals surface area (Å²) in [4.78, 5) is 0. The van der Waals surface area contributed by atoms with Crippen LogP contribution in [0.2, 0.25) is 0 Å². The van der Waals surface area contributed by atoms with Crippen LogP contribution < -0.4 is 5.32 Å². The number of rotatable bonds is 0. The number of hydrogen-bond acceptors (Lipinski definition) is 2. The largest absolute Gasteiger partial charge is 0.315 e. The maximum atomic E-state index is 11.3. The molecule has 0 aromatic rings. The van der Waals surface area contributed by atoms with E-state index in [9.17, 15) is 4.21 Å². The van der Waals surface area contributed by atoms with Gasteiger partial charge in [0.05, 0.1) is 0 Å². The van der Waals surface area contributed by atoms with Gasteiger partial charge in [-0.05, 0) is 19.4 Å². The normalized spacial score (nSPS) is 42.8. The standard InChI is InChI=1S/C7H15NOS/c1-6-3-8-4-7(2)10(9)5-6/h6-8H,3-5H2,1-2H3. The van der Waals surface area contributed by atoms with Crippen LogP contribution in [0.4, 0.5) is 0 Å². The minimum Gasteiger partial charge on any atom is -0.315 e. The minimum atomic E-state index is -0.595. The zero-order valence-corrected chi connectivity index (χ0v) is 7.41. The van der Waals surface area contributed by atoms with Crippen LogP contribution in [0.1, 0.15) is 13.8 Å². The van der Waals surface area contributed by atoms with Crippen LogP contribution in [0.25, 0.3) is 0 Å². The number of hydrogen-bond donors (Lipinski definition) is 1. The van der Waals surface area contributed by atoms with Crippen LogP contribution in [-0.2, 0) is 10.8 Å². The van der Waals surface area contributed by atoms with Crippen LogP contribution in [0.15, 0.2) is 0 Å². The van der Waals surface area contributed by atoms with E-state index < -0.39 is 10.8 Å². The first-order chi connectivity index (χ1) is 4.70. The van der Waals surface area contributed by atoms with Gasteiger partial charge in [0, 0.05) is 28.3 Å². The molecule has 1 aliphatic rings. The minimum absolute atomic E-state index is 0.338. The van der Waals surface area contributed by atoms with Crippen LogP contribution in [0.3, 0.4) is 0 Å². The van der Waals surface area contributed by atoms with Crippen molar-refractivity contribution in [1.29, 1.82) is 0 Å². The molecule has 0 radical (unpaired) electrons. The Bertz CT molecular complexity index is 138. The summed E-state index contributed by atoms with van der Waals surface area (Å²) in [5.41, 5.74) is 0. The maximum absolute atomic E-state index is 11.3. The highest BCUT2D eigenvalue weighted by atomic mass is 32.2. The topological polar surface area (TPSA) is 29.1 Å². The quantitative estimate of drug-likeness (QED) is 0.556. The summed E-state index contributed by atoms with van der Waals surface area (Å²) < 4.78 is 11.3. The molecule has 60 valence electrons. The Kier molecular flexibility index (Phi) is 2.86. The van der Waals surface area contributed by atoms with E-state index in [2.05, 4.69) is 12.2 Å². The lowest BCUT2D eigenvalue weighted by Gasteiger charge is -2.05. The highest BCUT2D eigenvalue weighted by Gasteiger charge is 2.17. The highest BCUT2D eigenvalue weighted by molar-refractivity contribution is 7.85. The molecule has 1 N–H and O–H groups in total. The molecule has 3 heteroatoms. The lowest BCUT2D eigenvalue weighted by Crippen LogP contribution is -2.25. The van der Waals surface area contributed by atoms with Gasteiger partial charge in [-0.1, -0.05) is 6.92 Å². The first kappa shape index (κ1) is 8.21. The summed E-state index contributed by atoms with van der Waals surface area (Å²) in [6.07, 6.45) is 0. The van der Waals surface area contributed by atoms with E-state index in [1.165, 1.54) is 0 Å². The van der Waals surface area contributed by atoms with Crippen LogP contribution >= 0.6 is 0 Å². The van der Waals surface area contributed by atoms with E-state index in [-0.39, 0.29) is 0 Å². The Morgan fingerprint density at radius 1 is 1.40 bits per heavy atom. The fourth-order valence-electron chi connectivity index (χ4n) is 1.13. The second-order valence-corrected chi connectivity index (χ2v) is 5.02. The molecule has 1 saturated heterocycles. The van der Waals surface area contributed by atoms with Crippen molar-refractivity contribution < 1.29 is 4.21 Å². The van der Waals surface area contributed by atoms with Gasteiger partial charge < -0.3 is 5.32 Å². The van der Waals surface area contributed by atoms with Crippen molar-refractivity contribution >= 4 is 10.8 Å². The molecule has 1 heterocycles. The molecule has 2 nitrogen and oxygen atoms in total. The second-order valence-electron chi connectivity index (χ2n) is 3.12. The molecular formula is C7H15NOS. The van der Waals surface area contributed by atoms with E-state index >= 15 is 0 Å². The van der Waals surface area contributed by atoms with Crippen molar-refractivity contribution in [2.75, 3.05) is 18.8 Å². The summed E-state index contributed by atoms with van der Waals surface area (Å²) in [5.74, 6) is 1.44. The average molecular weight is 161 g/mol. The van der Waals surface area contributed by atoms with Crippen molar-refractivity contribution in [3.63, 3.8) is 0 Å². The summed E-state index contributed by atoms with van der Waals surface area (Å²) in [7, 11) is -0.595. The Labute approximate surface area is 64.8 Å². The lowest BCUT2D eigenvalue weighted by atomic mass is 10.2. The van der Waals surface area contributed by atoms with Gasteiger partial charge in [0.2, 0.25) is 0 Å². The van der Waals surface area contributed by atoms with Gasteiger partial charge in [0.15, 0.2) is 0 Å². The highest BCUT2D eigenvalue weighted by Crippen LogP contribution is 2.05.